The third-order valence-electron chi connectivity index (χ3n) is 3.61. The van der Waals surface area contributed by atoms with Gasteiger partial charge in [0.2, 0.25) is 5.82 Å². The number of nitrogens with one attached hydrogen (secondary N) is 1. The first kappa shape index (κ1) is 14.2. The Balaban J connectivity index is 2.22. The summed E-state index contributed by atoms with van der Waals surface area (Å²) in [7, 11) is 1.93. The van der Waals surface area contributed by atoms with Crippen LogP contribution in [0.5, 0.6) is 0 Å². The zero-order valence-corrected chi connectivity index (χ0v) is 11.4. The molecular weight excluding hydrogens is 258 g/mol. The summed E-state index contributed by atoms with van der Waals surface area (Å²) >= 11 is 0. The molecule has 0 bridgehead atoms. The molecule has 20 heavy (non-hydrogen) atoms. The first-order valence-electron chi connectivity index (χ1n) is 6.60. The van der Waals surface area contributed by atoms with Crippen LogP contribution in [0.15, 0.2) is 12.3 Å². The number of nitrogens with zero attached hydrogens (tertiary/aromatic N) is 4. The molecule has 1 saturated heterocycles. The Hall–Kier alpha value is -2.20. The van der Waals surface area contributed by atoms with Crippen molar-refractivity contribution in [2.45, 2.75) is 12.8 Å². The van der Waals surface area contributed by atoms with Gasteiger partial charge in [-0.05, 0) is 38.4 Å². The smallest absolute Gasteiger partial charge is 0.329 e. The third kappa shape index (κ3) is 2.86. The number of anilines is 1. The summed E-state index contributed by atoms with van der Waals surface area (Å²) in [6.07, 6.45) is 3.40. The maximum atomic E-state index is 11.2. The van der Waals surface area contributed by atoms with E-state index in [-0.39, 0.29) is 11.3 Å². The fourth-order valence-electron chi connectivity index (χ4n) is 2.58. The lowest BCUT2D eigenvalue weighted by Crippen LogP contribution is -2.37. The lowest BCUT2D eigenvalue weighted by molar-refractivity contribution is -0.384. The minimum absolute atomic E-state index is 0.0670. The van der Waals surface area contributed by atoms with Gasteiger partial charge in [-0.3, -0.25) is 10.1 Å². The molecule has 2 heterocycles. The van der Waals surface area contributed by atoms with E-state index in [2.05, 4.69) is 10.3 Å². The van der Waals surface area contributed by atoms with Crippen molar-refractivity contribution in [1.29, 1.82) is 5.26 Å². The van der Waals surface area contributed by atoms with Crippen molar-refractivity contribution in [1.82, 2.24) is 10.3 Å². The molecule has 1 aromatic rings. The third-order valence-corrected chi connectivity index (χ3v) is 3.61. The van der Waals surface area contributed by atoms with Crippen LogP contribution >= 0.6 is 0 Å². The van der Waals surface area contributed by atoms with Crippen molar-refractivity contribution >= 4 is 11.5 Å². The summed E-state index contributed by atoms with van der Waals surface area (Å²) in [5.41, 5.74) is -0.112. The molecule has 1 aliphatic rings. The molecule has 1 aliphatic heterocycles. The number of hydrogen-bond donors (Lipinski definition) is 1. The Bertz CT molecular complexity index is 532. The summed E-state index contributed by atoms with van der Waals surface area (Å²) < 4.78 is 0. The molecule has 7 nitrogen and oxygen atoms in total. The average molecular weight is 275 g/mol. The largest absolute Gasteiger partial charge is 0.351 e. The average Bonchev–Trinajstić information content (AvgIpc) is 2.47. The van der Waals surface area contributed by atoms with Gasteiger partial charge in [-0.25, -0.2) is 4.98 Å². The van der Waals surface area contributed by atoms with E-state index in [4.69, 9.17) is 5.26 Å². The number of hydrogen-bond acceptors (Lipinski definition) is 6. The number of piperidine rings is 1. The molecule has 7 heteroatoms. The van der Waals surface area contributed by atoms with Crippen LogP contribution in [0, 0.1) is 27.4 Å². The Morgan fingerprint density at radius 3 is 2.85 bits per heavy atom. The van der Waals surface area contributed by atoms with Gasteiger partial charge in [-0.1, -0.05) is 0 Å². The molecule has 0 amide bonds. The molecule has 0 unspecified atom stereocenters. The highest BCUT2D eigenvalue weighted by molar-refractivity contribution is 5.65. The first-order chi connectivity index (χ1) is 9.67. The van der Waals surface area contributed by atoms with E-state index >= 15 is 0 Å². The van der Waals surface area contributed by atoms with Crippen molar-refractivity contribution in [2.75, 3.05) is 31.6 Å². The summed E-state index contributed by atoms with van der Waals surface area (Å²) in [4.78, 5) is 16.7. The summed E-state index contributed by atoms with van der Waals surface area (Å²) in [6, 6.07) is 3.25. The first-order valence-corrected chi connectivity index (χ1v) is 6.60. The highest BCUT2D eigenvalue weighted by Gasteiger charge is 2.28. The van der Waals surface area contributed by atoms with E-state index in [0.29, 0.717) is 11.7 Å². The zero-order chi connectivity index (χ0) is 14.5. The van der Waals surface area contributed by atoms with Crippen LogP contribution in [-0.2, 0) is 0 Å². The second-order valence-corrected chi connectivity index (χ2v) is 4.89. The maximum absolute atomic E-state index is 11.2. The van der Waals surface area contributed by atoms with Crippen molar-refractivity contribution < 1.29 is 4.92 Å². The van der Waals surface area contributed by atoms with E-state index in [1.807, 2.05) is 18.0 Å². The molecule has 0 radical (unpaired) electrons. The SMILES string of the molecule is CNCC1CCN(c2nccc(C#N)c2[N+](=O)[O-])CC1. The summed E-state index contributed by atoms with van der Waals surface area (Å²) in [5, 5.41) is 23.3. The van der Waals surface area contributed by atoms with Crippen LogP contribution < -0.4 is 10.2 Å². The van der Waals surface area contributed by atoms with Gasteiger partial charge in [0.15, 0.2) is 0 Å². The molecular formula is C13H17N5O2. The van der Waals surface area contributed by atoms with Gasteiger partial charge >= 0.3 is 5.69 Å². The van der Waals surface area contributed by atoms with Crippen molar-refractivity contribution in [3.63, 3.8) is 0 Å². The minimum Gasteiger partial charge on any atom is -0.351 e. The predicted molar refractivity (Wildman–Crippen MR) is 74.5 cm³/mol. The fraction of sp³-hybridized carbons (Fsp3) is 0.538. The van der Waals surface area contributed by atoms with Crippen LogP contribution in [0.2, 0.25) is 0 Å². The summed E-state index contributed by atoms with van der Waals surface area (Å²) in [6.45, 7) is 2.42. The van der Waals surface area contributed by atoms with Crippen LogP contribution in [0.4, 0.5) is 11.5 Å². The van der Waals surface area contributed by atoms with Crippen LogP contribution in [-0.4, -0.2) is 36.6 Å². The topological polar surface area (TPSA) is 95.1 Å². The van der Waals surface area contributed by atoms with Crippen LogP contribution in [0.1, 0.15) is 18.4 Å². The molecule has 0 aromatic carbocycles. The normalized spacial score (nSPS) is 15.9. The Morgan fingerprint density at radius 1 is 1.60 bits per heavy atom. The van der Waals surface area contributed by atoms with Crippen molar-refractivity contribution in [3.8, 4) is 6.07 Å². The Kier molecular flexibility index (Phi) is 4.48. The lowest BCUT2D eigenvalue weighted by Gasteiger charge is -2.32. The van der Waals surface area contributed by atoms with Gasteiger partial charge in [-0.2, -0.15) is 5.26 Å². The second kappa shape index (κ2) is 6.30. The maximum Gasteiger partial charge on any atom is 0.329 e. The lowest BCUT2D eigenvalue weighted by atomic mass is 9.96. The molecule has 1 fully saturated rings. The highest BCUT2D eigenvalue weighted by Crippen LogP contribution is 2.31. The standard InChI is InChI=1S/C13H17N5O2/c1-15-9-10-3-6-17(7-4-10)13-12(18(19)20)11(8-14)2-5-16-13/h2,5,10,15H,3-4,6-7,9H2,1H3. The van der Waals surface area contributed by atoms with Crippen molar-refractivity contribution in [3.05, 3.63) is 27.9 Å². The Morgan fingerprint density at radius 2 is 2.30 bits per heavy atom. The molecule has 0 aliphatic carbocycles. The van der Waals surface area contributed by atoms with E-state index < -0.39 is 4.92 Å². The zero-order valence-electron chi connectivity index (χ0n) is 11.4. The minimum atomic E-state index is -0.513. The van der Waals surface area contributed by atoms with Gasteiger partial charge < -0.3 is 10.2 Å². The Labute approximate surface area is 117 Å². The number of rotatable bonds is 4. The molecule has 1 aromatic heterocycles. The van der Waals surface area contributed by atoms with E-state index in [0.717, 1.165) is 32.5 Å². The van der Waals surface area contributed by atoms with Crippen LogP contribution in [0.25, 0.3) is 0 Å². The quantitative estimate of drug-likeness (QED) is 0.657. The van der Waals surface area contributed by atoms with Gasteiger partial charge in [0.1, 0.15) is 11.6 Å². The van der Waals surface area contributed by atoms with E-state index in [1.165, 1.54) is 12.3 Å². The monoisotopic (exact) mass is 275 g/mol. The van der Waals surface area contributed by atoms with E-state index in [9.17, 15) is 10.1 Å². The molecule has 0 atom stereocenters. The molecule has 1 N–H and O–H groups in total. The number of aromatic nitrogens is 1. The van der Waals surface area contributed by atoms with Crippen LogP contribution in [0.3, 0.4) is 0 Å². The number of pyridine rings is 1. The number of nitro groups is 1. The van der Waals surface area contributed by atoms with Gasteiger partial charge in [0, 0.05) is 19.3 Å². The summed E-state index contributed by atoms with van der Waals surface area (Å²) in [5.74, 6) is 0.909. The highest BCUT2D eigenvalue weighted by atomic mass is 16.6. The van der Waals surface area contributed by atoms with Gasteiger partial charge in [-0.15, -0.1) is 0 Å². The molecule has 106 valence electrons. The predicted octanol–water partition coefficient (Wildman–Crippen LogP) is 1.30. The number of nitriles is 1. The fourth-order valence-corrected chi connectivity index (χ4v) is 2.58. The van der Waals surface area contributed by atoms with Gasteiger partial charge in [0.05, 0.1) is 4.92 Å². The molecule has 2 rings (SSSR count). The van der Waals surface area contributed by atoms with Crippen molar-refractivity contribution in [2.24, 2.45) is 5.92 Å². The second-order valence-electron chi connectivity index (χ2n) is 4.89. The molecule has 0 saturated carbocycles. The van der Waals surface area contributed by atoms with Gasteiger partial charge in [0.25, 0.3) is 0 Å². The molecule has 0 spiro atoms. The van der Waals surface area contributed by atoms with E-state index in [1.54, 1.807) is 0 Å².